The van der Waals surface area contributed by atoms with Gasteiger partial charge in [-0.05, 0) is 49.6 Å². The second-order valence-electron chi connectivity index (χ2n) is 7.74. The van der Waals surface area contributed by atoms with Crippen molar-refractivity contribution < 1.29 is 22.6 Å². The molecule has 2 bridgehead atoms. The Morgan fingerprint density at radius 2 is 1.74 bits per heavy atom. The first-order valence-electron chi connectivity index (χ1n) is 8.16. The third-order valence-corrected chi connectivity index (χ3v) is 8.11. The Balaban J connectivity index is 0.000000203. The van der Waals surface area contributed by atoms with Crippen LogP contribution in [0, 0.1) is 16.7 Å². The number of fused-ring (bicyclic) bond motifs is 2. The third kappa shape index (κ3) is 3.12. The lowest BCUT2D eigenvalue weighted by Gasteiger charge is -2.32. The minimum Gasteiger partial charge on any atom is -0.747 e. The molecule has 3 fully saturated rings. The van der Waals surface area contributed by atoms with Gasteiger partial charge in [0, 0.05) is 18.3 Å². The summed E-state index contributed by atoms with van der Waals surface area (Å²) in [6.07, 6.45) is 5.50. The van der Waals surface area contributed by atoms with Crippen LogP contribution >= 0.6 is 0 Å². The largest absolute Gasteiger partial charge is 0.747 e. The second kappa shape index (κ2) is 6.15. The van der Waals surface area contributed by atoms with Gasteiger partial charge in [0.05, 0.1) is 0 Å². The van der Waals surface area contributed by atoms with Crippen molar-refractivity contribution in [3.05, 3.63) is 0 Å². The van der Waals surface area contributed by atoms with Gasteiger partial charge in [0.1, 0.15) is 15.4 Å². The first kappa shape index (κ1) is 18.9. The van der Waals surface area contributed by atoms with Crippen molar-refractivity contribution in [2.45, 2.75) is 69.8 Å². The third-order valence-electron chi connectivity index (χ3n) is 6.34. The highest BCUT2D eigenvalue weighted by Gasteiger charge is 2.67. The van der Waals surface area contributed by atoms with Gasteiger partial charge in [-0.1, -0.05) is 20.8 Å². The molecular formula is C16H26O5S2. The SMILES string of the molecule is CC12CCC(C(S(=O)(=O)[O-])C1=O)C2(C)C.O=C1CCCCC1[SH2+]. The Kier molecular flexibility index (Phi) is 5.06. The maximum absolute atomic E-state index is 12.0. The van der Waals surface area contributed by atoms with E-state index in [1.807, 2.05) is 13.8 Å². The van der Waals surface area contributed by atoms with Crippen molar-refractivity contribution in [2.24, 2.45) is 16.7 Å². The zero-order valence-electron chi connectivity index (χ0n) is 13.9. The summed E-state index contributed by atoms with van der Waals surface area (Å²) in [5, 5.41) is -1.13. The van der Waals surface area contributed by atoms with Crippen molar-refractivity contribution in [3.8, 4) is 0 Å². The van der Waals surface area contributed by atoms with E-state index in [9.17, 15) is 22.6 Å². The molecule has 7 heteroatoms. The number of ketones is 2. The van der Waals surface area contributed by atoms with Gasteiger partial charge in [-0.25, -0.2) is 8.42 Å². The Bertz CT molecular complexity index is 610. The van der Waals surface area contributed by atoms with E-state index in [1.165, 1.54) is 6.42 Å². The summed E-state index contributed by atoms with van der Waals surface area (Å²) in [5.41, 5.74) is -0.994. The summed E-state index contributed by atoms with van der Waals surface area (Å²) < 4.78 is 33.3. The van der Waals surface area contributed by atoms with Crippen molar-refractivity contribution in [1.29, 1.82) is 0 Å². The van der Waals surface area contributed by atoms with E-state index in [4.69, 9.17) is 0 Å². The van der Waals surface area contributed by atoms with Crippen LogP contribution in [0.25, 0.3) is 0 Å². The molecule has 3 rings (SSSR count). The predicted molar refractivity (Wildman–Crippen MR) is 90.5 cm³/mol. The molecule has 0 N–H and O–H groups in total. The van der Waals surface area contributed by atoms with Crippen LogP contribution < -0.4 is 0 Å². The summed E-state index contributed by atoms with van der Waals surface area (Å²) in [6.45, 7) is 5.59. The van der Waals surface area contributed by atoms with Gasteiger partial charge in [-0.15, -0.1) is 0 Å². The lowest BCUT2D eigenvalue weighted by Crippen LogP contribution is -2.38. The number of carbonyl (C=O) groups excluding carboxylic acids is 2. The van der Waals surface area contributed by atoms with Crippen LogP contribution in [-0.4, -0.2) is 35.0 Å². The number of Topliss-reactive ketones (excluding diaryl/α,β-unsaturated/α-hetero) is 2. The Morgan fingerprint density at radius 1 is 1.13 bits per heavy atom. The molecule has 0 aromatic heterocycles. The normalized spacial score (nSPS) is 39.1. The molecule has 0 heterocycles. The van der Waals surface area contributed by atoms with E-state index in [1.54, 1.807) is 6.92 Å². The molecule has 5 nitrogen and oxygen atoms in total. The fraction of sp³-hybridized carbons (Fsp3) is 0.875. The van der Waals surface area contributed by atoms with Gasteiger partial charge >= 0.3 is 0 Å². The van der Waals surface area contributed by atoms with E-state index >= 15 is 0 Å². The maximum Gasteiger partial charge on any atom is 0.184 e. The molecule has 0 aliphatic heterocycles. The van der Waals surface area contributed by atoms with Gasteiger partial charge in [0.25, 0.3) is 0 Å². The van der Waals surface area contributed by atoms with Gasteiger partial charge in [0.15, 0.2) is 16.8 Å². The summed E-state index contributed by atoms with van der Waals surface area (Å²) in [5.74, 6) is -0.274. The fourth-order valence-electron chi connectivity index (χ4n) is 4.32. The molecular weight excluding hydrogens is 336 g/mol. The lowest BCUT2D eigenvalue weighted by atomic mass is 9.70. The highest BCUT2D eigenvalue weighted by Crippen LogP contribution is 2.64. The standard InChI is InChI=1S/C10H16O4S.C6H10OS/c1-9(2)6-4-5-10(9,3)8(11)7(6)15(12,13)14;7-5-3-1-2-4-6(5)8/h6-7H,4-5H2,1-3H3,(H,12,13,14);6,8H,1-4H2. The van der Waals surface area contributed by atoms with Crippen LogP contribution in [0.5, 0.6) is 0 Å². The molecule has 3 aliphatic rings. The summed E-state index contributed by atoms with van der Waals surface area (Å²) in [4.78, 5) is 22.7. The van der Waals surface area contributed by atoms with Crippen LogP contribution in [0.1, 0.15) is 59.3 Å². The van der Waals surface area contributed by atoms with Crippen molar-refractivity contribution in [2.75, 3.05) is 0 Å². The average molecular weight is 363 g/mol. The molecule has 0 amide bonds. The quantitative estimate of drug-likeness (QED) is 0.520. The molecule has 0 aromatic carbocycles. The molecule has 0 aromatic rings. The fourth-order valence-corrected chi connectivity index (χ4v) is 6.07. The highest BCUT2D eigenvalue weighted by molar-refractivity contribution is 7.87. The molecule has 0 spiro atoms. The maximum atomic E-state index is 12.0. The van der Waals surface area contributed by atoms with E-state index in [0.29, 0.717) is 18.6 Å². The van der Waals surface area contributed by atoms with Gasteiger partial charge in [0.2, 0.25) is 0 Å². The summed E-state index contributed by atoms with van der Waals surface area (Å²) >= 11 is 3.35. The number of rotatable bonds is 1. The highest BCUT2D eigenvalue weighted by atomic mass is 32.2. The number of hydrogen-bond donors (Lipinski definition) is 0. The lowest BCUT2D eigenvalue weighted by molar-refractivity contribution is -0.128. The molecule has 23 heavy (non-hydrogen) atoms. The Morgan fingerprint density at radius 3 is 2.04 bits per heavy atom. The Labute approximate surface area is 143 Å². The topological polar surface area (TPSA) is 91.3 Å². The van der Waals surface area contributed by atoms with Crippen LogP contribution in [0.4, 0.5) is 0 Å². The van der Waals surface area contributed by atoms with Crippen LogP contribution in [-0.2, 0) is 32.3 Å². The minimum absolute atomic E-state index is 0.170. The summed E-state index contributed by atoms with van der Waals surface area (Å²) in [6, 6.07) is 0. The van der Waals surface area contributed by atoms with Gasteiger partial charge < -0.3 is 4.55 Å². The van der Waals surface area contributed by atoms with Crippen molar-refractivity contribution >= 4 is 34.3 Å². The van der Waals surface area contributed by atoms with Crippen molar-refractivity contribution in [1.82, 2.24) is 0 Å². The van der Waals surface area contributed by atoms with Gasteiger partial charge in [-0.3, -0.25) is 9.59 Å². The first-order valence-corrected chi connectivity index (χ1v) is 10.2. The predicted octanol–water partition coefficient (Wildman–Crippen LogP) is 1.43. The molecule has 0 radical (unpaired) electrons. The zero-order valence-corrected chi connectivity index (χ0v) is 15.7. The van der Waals surface area contributed by atoms with E-state index in [-0.39, 0.29) is 22.4 Å². The molecule has 132 valence electrons. The van der Waals surface area contributed by atoms with E-state index < -0.39 is 20.8 Å². The second-order valence-corrected chi connectivity index (χ2v) is 9.93. The number of hydrogen-bond acceptors (Lipinski definition) is 5. The Hall–Kier alpha value is -0.400. The van der Waals surface area contributed by atoms with Crippen molar-refractivity contribution in [3.63, 3.8) is 0 Å². The smallest absolute Gasteiger partial charge is 0.184 e. The van der Waals surface area contributed by atoms with Gasteiger partial charge in [-0.2, -0.15) is 0 Å². The average Bonchev–Trinajstić information content (AvgIpc) is 2.74. The summed E-state index contributed by atoms with van der Waals surface area (Å²) in [7, 11) is -4.49. The van der Waals surface area contributed by atoms with Crippen LogP contribution in [0.2, 0.25) is 0 Å². The van der Waals surface area contributed by atoms with E-state index in [0.717, 1.165) is 19.3 Å². The molecule has 3 aliphatic carbocycles. The number of carbonyl (C=O) groups is 2. The van der Waals surface area contributed by atoms with Crippen LogP contribution in [0.15, 0.2) is 0 Å². The first-order chi connectivity index (χ1) is 10.4. The monoisotopic (exact) mass is 362 g/mol. The molecule has 4 atom stereocenters. The molecule has 0 saturated heterocycles. The molecule has 4 unspecified atom stereocenters. The van der Waals surface area contributed by atoms with E-state index in [2.05, 4.69) is 12.6 Å². The zero-order chi connectivity index (χ0) is 17.6. The van der Waals surface area contributed by atoms with Crippen LogP contribution in [0.3, 0.4) is 0 Å². The molecule has 3 saturated carbocycles. The minimum atomic E-state index is -4.49.